The standard InChI is InChI=1S/C35H55IN8O7/c1-21(2)19-29(35(50)51)44-34(49)28(20-22-13-15-23(36)16-14-22)43-33(48)26-10-4-3-9-24(39)30(45)40-25(11-5-7-17-37)31(46)42-27(32(47)41-26)12-6-8-18-38/h3-4,13-16,21,24-29H,5-12,17-20,37-39H2,1-2H3,(H,40,45)(H,41,47)(H,42,46)(H,43,48)(H,44,49)(H,50,51)/b4-3+/t24-,25-,26-,27-,28-,29-/m0/s1. The number of nitrogens with one attached hydrogen (secondary N) is 5. The Morgan fingerprint density at radius 3 is 1.92 bits per heavy atom. The first-order valence-electron chi connectivity index (χ1n) is 17.5. The first-order chi connectivity index (χ1) is 24.2. The Balaban J connectivity index is 2.43. The Labute approximate surface area is 313 Å². The highest BCUT2D eigenvalue weighted by Gasteiger charge is 2.33. The van der Waals surface area contributed by atoms with E-state index in [-0.39, 0.29) is 44.4 Å². The van der Waals surface area contributed by atoms with E-state index in [1.807, 2.05) is 26.0 Å². The summed E-state index contributed by atoms with van der Waals surface area (Å²) >= 11 is 2.15. The monoisotopic (exact) mass is 826 g/mol. The van der Waals surface area contributed by atoms with Crippen LogP contribution in [0.2, 0.25) is 0 Å². The molecule has 0 unspecified atom stereocenters. The van der Waals surface area contributed by atoms with Gasteiger partial charge in [0.25, 0.3) is 0 Å². The van der Waals surface area contributed by atoms with Gasteiger partial charge in [-0.3, -0.25) is 24.0 Å². The molecule has 0 spiro atoms. The van der Waals surface area contributed by atoms with Crippen LogP contribution in [0.3, 0.4) is 0 Å². The molecule has 0 fully saturated rings. The van der Waals surface area contributed by atoms with Crippen molar-refractivity contribution in [2.24, 2.45) is 23.1 Å². The van der Waals surface area contributed by atoms with E-state index in [0.717, 1.165) is 9.13 Å². The Hall–Kier alpha value is -3.61. The minimum absolute atomic E-state index is 0.0268. The number of carboxylic acid groups (broad SMARTS) is 1. The fraction of sp³-hybridized carbons (Fsp3) is 0.600. The number of hydrogen-bond acceptors (Lipinski definition) is 9. The van der Waals surface area contributed by atoms with Gasteiger partial charge in [-0.15, -0.1) is 0 Å². The summed E-state index contributed by atoms with van der Waals surface area (Å²) in [6.45, 7) is 4.45. The number of carbonyl (C=O) groups is 6. The zero-order valence-corrected chi connectivity index (χ0v) is 31.7. The van der Waals surface area contributed by atoms with E-state index in [4.69, 9.17) is 17.2 Å². The van der Waals surface area contributed by atoms with Crippen LogP contribution in [0.4, 0.5) is 0 Å². The molecule has 0 aromatic heterocycles. The molecule has 0 radical (unpaired) electrons. The van der Waals surface area contributed by atoms with Gasteiger partial charge in [0.1, 0.15) is 30.2 Å². The molecule has 0 saturated heterocycles. The zero-order valence-electron chi connectivity index (χ0n) is 29.5. The van der Waals surface area contributed by atoms with Crippen molar-refractivity contribution in [2.45, 2.75) is 114 Å². The maximum atomic E-state index is 13.9. The Bertz CT molecular complexity index is 1340. The smallest absolute Gasteiger partial charge is 0.326 e. The molecule has 1 aliphatic rings. The van der Waals surface area contributed by atoms with Crippen LogP contribution < -0.4 is 43.8 Å². The molecule has 2 rings (SSSR count). The number of hydrogen-bond donors (Lipinski definition) is 9. The van der Waals surface area contributed by atoms with Crippen LogP contribution >= 0.6 is 22.6 Å². The van der Waals surface area contributed by atoms with Crippen LogP contribution in [0.15, 0.2) is 36.4 Å². The summed E-state index contributed by atoms with van der Waals surface area (Å²) in [5.41, 5.74) is 18.2. The molecule has 0 saturated carbocycles. The molecule has 5 amide bonds. The molecule has 1 heterocycles. The fourth-order valence-electron chi connectivity index (χ4n) is 5.46. The van der Waals surface area contributed by atoms with Gasteiger partial charge in [0, 0.05) is 9.99 Å². The highest BCUT2D eigenvalue weighted by Crippen LogP contribution is 2.13. The first-order valence-corrected chi connectivity index (χ1v) is 18.6. The Morgan fingerprint density at radius 1 is 0.824 bits per heavy atom. The predicted molar refractivity (Wildman–Crippen MR) is 202 cm³/mol. The largest absolute Gasteiger partial charge is 0.480 e. The van der Waals surface area contributed by atoms with Crippen molar-refractivity contribution in [3.63, 3.8) is 0 Å². The van der Waals surface area contributed by atoms with Gasteiger partial charge in [0.2, 0.25) is 29.5 Å². The van der Waals surface area contributed by atoms with Crippen molar-refractivity contribution < 1.29 is 33.9 Å². The molecule has 15 nitrogen and oxygen atoms in total. The third kappa shape index (κ3) is 16.1. The summed E-state index contributed by atoms with van der Waals surface area (Å²) in [5, 5.41) is 23.3. The van der Waals surface area contributed by atoms with E-state index < -0.39 is 71.8 Å². The van der Waals surface area contributed by atoms with Crippen molar-refractivity contribution in [3.05, 3.63) is 45.6 Å². The highest BCUT2D eigenvalue weighted by atomic mass is 127. The second-order valence-corrected chi connectivity index (χ2v) is 14.5. The molecule has 284 valence electrons. The van der Waals surface area contributed by atoms with Gasteiger partial charge in [0.15, 0.2) is 0 Å². The molecule has 0 bridgehead atoms. The average Bonchev–Trinajstić information content (AvgIpc) is 3.08. The van der Waals surface area contributed by atoms with E-state index in [9.17, 15) is 33.9 Å². The van der Waals surface area contributed by atoms with Crippen LogP contribution in [0.25, 0.3) is 0 Å². The molecular formula is C35H55IN8O7. The third-order valence-electron chi connectivity index (χ3n) is 8.37. The quantitative estimate of drug-likeness (QED) is 0.0591. The van der Waals surface area contributed by atoms with Crippen LogP contribution in [-0.2, 0) is 35.2 Å². The number of benzene rings is 1. The van der Waals surface area contributed by atoms with Crippen molar-refractivity contribution >= 4 is 58.1 Å². The second kappa shape index (κ2) is 23.1. The molecule has 1 aliphatic heterocycles. The second-order valence-electron chi connectivity index (χ2n) is 13.2. The normalized spacial score (nSPS) is 22.1. The fourth-order valence-corrected chi connectivity index (χ4v) is 5.82. The summed E-state index contributed by atoms with van der Waals surface area (Å²) in [7, 11) is 0. The van der Waals surface area contributed by atoms with Gasteiger partial charge in [-0.2, -0.15) is 0 Å². The number of rotatable bonds is 17. The van der Waals surface area contributed by atoms with E-state index in [1.54, 1.807) is 24.3 Å². The number of nitrogens with two attached hydrogens (primary N) is 3. The van der Waals surface area contributed by atoms with Crippen molar-refractivity contribution in [1.82, 2.24) is 26.6 Å². The van der Waals surface area contributed by atoms with Gasteiger partial charge in [0.05, 0.1) is 6.04 Å². The van der Waals surface area contributed by atoms with Crippen molar-refractivity contribution in [2.75, 3.05) is 13.1 Å². The number of halogens is 1. The maximum absolute atomic E-state index is 13.9. The van der Waals surface area contributed by atoms with Crippen LogP contribution in [-0.4, -0.2) is 90.0 Å². The number of carboxylic acids is 1. The van der Waals surface area contributed by atoms with Crippen LogP contribution in [0, 0.1) is 9.49 Å². The number of amides is 5. The zero-order chi connectivity index (χ0) is 37.9. The average molecular weight is 827 g/mol. The summed E-state index contributed by atoms with van der Waals surface area (Å²) in [5.74, 6) is -4.35. The number of aliphatic carboxylic acids is 1. The molecule has 0 aliphatic carbocycles. The summed E-state index contributed by atoms with van der Waals surface area (Å²) in [6, 6.07) is 0.739. The molecule has 16 heteroatoms. The first kappa shape index (κ1) is 43.6. The van der Waals surface area contributed by atoms with Gasteiger partial charge in [-0.25, -0.2) is 4.79 Å². The van der Waals surface area contributed by atoms with Gasteiger partial charge in [-0.1, -0.05) is 38.1 Å². The molecule has 1 aromatic carbocycles. The lowest BCUT2D eigenvalue weighted by Crippen LogP contribution is -2.59. The SMILES string of the molecule is CC(C)C[C@H](NC(=O)[C@H](Cc1ccc(I)cc1)NC(=O)[C@@H]1C/C=C/C[C@H](N)C(=O)N[C@@H](CCCCN)C(=O)N[C@@H](CCCCN)C(=O)N1)C(=O)O. The number of unbranched alkanes of at least 4 members (excludes halogenated alkanes) is 2. The van der Waals surface area contributed by atoms with Crippen molar-refractivity contribution in [3.8, 4) is 0 Å². The van der Waals surface area contributed by atoms with Crippen LogP contribution in [0.1, 0.15) is 77.2 Å². The van der Waals surface area contributed by atoms with Gasteiger partial charge < -0.3 is 48.9 Å². The third-order valence-corrected chi connectivity index (χ3v) is 9.08. The molecular weight excluding hydrogens is 771 g/mol. The highest BCUT2D eigenvalue weighted by molar-refractivity contribution is 14.1. The van der Waals surface area contributed by atoms with Gasteiger partial charge >= 0.3 is 5.97 Å². The Kier molecular flexibility index (Phi) is 19.7. The predicted octanol–water partition coefficient (Wildman–Crippen LogP) is 0.324. The summed E-state index contributed by atoms with van der Waals surface area (Å²) in [4.78, 5) is 79.6. The maximum Gasteiger partial charge on any atom is 0.326 e. The topological polar surface area (TPSA) is 261 Å². The van der Waals surface area contributed by atoms with Gasteiger partial charge in [-0.05, 0) is 117 Å². The van der Waals surface area contributed by atoms with E-state index >= 15 is 0 Å². The van der Waals surface area contributed by atoms with E-state index in [2.05, 4.69) is 49.2 Å². The molecule has 6 atom stereocenters. The summed E-state index contributed by atoms with van der Waals surface area (Å²) in [6.07, 6.45) is 6.28. The van der Waals surface area contributed by atoms with Crippen molar-refractivity contribution in [1.29, 1.82) is 0 Å². The van der Waals surface area contributed by atoms with E-state index in [0.29, 0.717) is 38.8 Å². The minimum atomic E-state index is -1.20. The Morgan fingerprint density at radius 2 is 1.37 bits per heavy atom. The van der Waals surface area contributed by atoms with E-state index in [1.165, 1.54) is 0 Å². The lowest BCUT2D eigenvalue weighted by molar-refractivity contribution is -0.142. The lowest BCUT2D eigenvalue weighted by Gasteiger charge is -2.27. The number of carbonyl (C=O) groups excluding carboxylic acids is 5. The molecule has 12 N–H and O–H groups in total. The molecule has 1 aromatic rings. The minimum Gasteiger partial charge on any atom is -0.480 e. The van der Waals surface area contributed by atoms with Crippen LogP contribution in [0.5, 0.6) is 0 Å². The summed E-state index contributed by atoms with van der Waals surface area (Å²) < 4.78 is 0.964. The lowest BCUT2D eigenvalue weighted by atomic mass is 10.0. The molecule has 51 heavy (non-hydrogen) atoms.